The maximum atomic E-state index is 13.7. The van der Waals surface area contributed by atoms with E-state index in [1.54, 1.807) is 12.1 Å². The average Bonchev–Trinajstić information content (AvgIpc) is 3.34. The SMILES string of the molecule is O=C1CCC(N2C(=O)c3cc4c(cc3C2=O)CN(C(=O)CN2CC3(CCN(c5ccc([C@@H]6c7ccc(O)cc7CC[C@@H]6c6ccccc6)cc5)CC3)C2)CCC4)C(=O)N1. The zero-order valence-corrected chi connectivity index (χ0v) is 33.2. The number of nitrogens with zero attached hydrogens (tertiary/aromatic N) is 4. The van der Waals surface area contributed by atoms with Crippen LogP contribution in [-0.2, 0) is 33.8 Å². The van der Waals surface area contributed by atoms with Gasteiger partial charge in [-0.05, 0) is 126 Å². The van der Waals surface area contributed by atoms with E-state index in [-0.39, 0.29) is 41.2 Å². The molecule has 5 heterocycles. The minimum atomic E-state index is -1.01. The van der Waals surface area contributed by atoms with Crippen molar-refractivity contribution in [3.63, 3.8) is 0 Å². The van der Waals surface area contributed by atoms with E-state index in [9.17, 15) is 29.1 Å². The molecule has 0 bridgehead atoms. The standard InChI is InChI=1S/C48H49N5O6/c54-36-13-15-38-33(23-36)10-14-37(30-5-2-1-3-6-30)44(38)31-8-11-35(12-9-31)51-21-18-48(19-22-51)28-50(29-48)27-43(56)52-20-4-7-32-24-39-40(25-34(32)26-52)47(59)53(46(39)58)41-16-17-42(55)49-45(41)57/h1-3,5-6,8-9,11-13,15,23-25,37,41,44,54H,4,7,10,14,16-22,26-29H2,(H,49,55,57)/t37-,41?,44+/m1/s1. The molecule has 1 spiro atoms. The van der Waals surface area contributed by atoms with Crippen LogP contribution in [-0.4, -0.2) is 94.7 Å². The van der Waals surface area contributed by atoms with Crippen molar-refractivity contribution in [2.75, 3.05) is 44.2 Å². The maximum Gasteiger partial charge on any atom is 0.262 e. The summed E-state index contributed by atoms with van der Waals surface area (Å²) in [5.41, 5.74) is 9.04. The summed E-state index contributed by atoms with van der Waals surface area (Å²) in [6.45, 7) is 5.13. The molecule has 4 aromatic rings. The molecule has 4 aromatic carbocycles. The van der Waals surface area contributed by atoms with Crippen molar-refractivity contribution in [3.05, 3.63) is 129 Å². The van der Waals surface area contributed by atoms with Crippen molar-refractivity contribution in [1.82, 2.24) is 20.0 Å². The lowest BCUT2D eigenvalue weighted by molar-refractivity contribution is -0.137. The summed E-state index contributed by atoms with van der Waals surface area (Å²) in [6, 6.07) is 28.4. The number of nitrogens with one attached hydrogen (secondary N) is 1. The number of benzene rings is 4. The van der Waals surface area contributed by atoms with Gasteiger partial charge in [-0.25, -0.2) is 0 Å². The Morgan fingerprint density at radius 1 is 0.746 bits per heavy atom. The van der Waals surface area contributed by atoms with Crippen LogP contribution in [0.3, 0.4) is 0 Å². The molecule has 3 atom stereocenters. The second kappa shape index (κ2) is 14.8. The topological polar surface area (TPSA) is 131 Å². The molecule has 3 saturated heterocycles. The highest BCUT2D eigenvalue weighted by molar-refractivity contribution is 6.23. The van der Waals surface area contributed by atoms with Gasteiger partial charge in [0.2, 0.25) is 17.7 Å². The number of rotatable bonds is 6. The number of anilines is 1. The first-order valence-electron chi connectivity index (χ1n) is 21.2. The van der Waals surface area contributed by atoms with E-state index in [2.05, 4.69) is 75.8 Å². The summed E-state index contributed by atoms with van der Waals surface area (Å²) < 4.78 is 0. The number of phenols is 1. The van der Waals surface area contributed by atoms with E-state index in [0.29, 0.717) is 37.7 Å². The first kappa shape index (κ1) is 37.5. The van der Waals surface area contributed by atoms with Gasteiger partial charge in [-0.1, -0.05) is 48.5 Å². The van der Waals surface area contributed by atoms with Gasteiger partial charge in [-0.2, -0.15) is 0 Å². The molecule has 1 unspecified atom stereocenters. The summed E-state index contributed by atoms with van der Waals surface area (Å²) in [7, 11) is 0. The maximum absolute atomic E-state index is 13.7. The zero-order valence-electron chi connectivity index (χ0n) is 33.2. The molecule has 6 aliphatic rings. The molecular weight excluding hydrogens is 743 g/mol. The van der Waals surface area contributed by atoms with Gasteiger partial charge in [0.15, 0.2) is 0 Å². The fraction of sp³-hybridized carbons (Fsp3) is 0.396. The summed E-state index contributed by atoms with van der Waals surface area (Å²) in [6.07, 6.45) is 5.79. The normalized spacial score (nSPS) is 23.9. The molecule has 2 N–H and O–H groups in total. The number of likely N-dealkylation sites (tertiary alicyclic amines) is 1. The fourth-order valence-electron chi connectivity index (χ4n) is 11.0. The molecule has 1 aliphatic carbocycles. The third-order valence-corrected chi connectivity index (χ3v) is 14.1. The Balaban J connectivity index is 0.751. The van der Waals surface area contributed by atoms with Crippen molar-refractivity contribution in [1.29, 1.82) is 0 Å². The molecule has 0 aromatic heterocycles. The van der Waals surface area contributed by atoms with Gasteiger partial charge in [0.1, 0.15) is 11.8 Å². The number of aryl methyl sites for hydroxylation is 2. The molecule has 11 heteroatoms. The van der Waals surface area contributed by atoms with Crippen LogP contribution in [0.1, 0.15) is 104 Å². The van der Waals surface area contributed by atoms with Crippen molar-refractivity contribution >= 4 is 35.2 Å². The lowest BCUT2D eigenvalue weighted by Gasteiger charge is -2.54. The van der Waals surface area contributed by atoms with Gasteiger partial charge in [0, 0.05) is 57.3 Å². The number of hydrogen-bond donors (Lipinski definition) is 2. The van der Waals surface area contributed by atoms with Gasteiger partial charge >= 0.3 is 0 Å². The van der Waals surface area contributed by atoms with E-state index < -0.39 is 29.7 Å². The molecule has 0 radical (unpaired) electrons. The Kier molecular flexibility index (Phi) is 9.38. The van der Waals surface area contributed by atoms with Gasteiger partial charge < -0.3 is 14.9 Å². The molecule has 302 valence electrons. The van der Waals surface area contributed by atoms with Crippen LogP contribution in [0.4, 0.5) is 5.69 Å². The first-order valence-corrected chi connectivity index (χ1v) is 21.2. The molecule has 59 heavy (non-hydrogen) atoms. The fourth-order valence-corrected chi connectivity index (χ4v) is 11.0. The largest absolute Gasteiger partial charge is 0.508 e. The third-order valence-electron chi connectivity index (χ3n) is 14.1. The second-order valence-electron chi connectivity index (χ2n) is 17.7. The lowest BCUT2D eigenvalue weighted by Crippen LogP contribution is -2.62. The average molecular weight is 792 g/mol. The molecule has 0 saturated carbocycles. The monoisotopic (exact) mass is 791 g/mol. The molecule has 5 aliphatic heterocycles. The van der Waals surface area contributed by atoms with E-state index in [4.69, 9.17) is 0 Å². The third kappa shape index (κ3) is 6.79. The predicted octanol–water partition coefficient (Wildman–Crippen LogP) is 5.53. The Morgan fingerprint density at radius 2 is 1.47 bits per heavy atom. The summed E-state index contributed by atoms with van der Waals surface area (Å²) in [4.78, 5) is 72.5. The van der Waals surface area contributed by atoms with Crippen LogP contribution in [0.2, 0.25) is 0 Å². The van der Waals surface area contributed by atoms with Gasteiger partial charge in [0.25, 0.3) is 11.8 Å². The van der Waals surface area contributed by atoms with Gasteiger partial charge in [-0.3, -0.25) is 39.1 Å². The van der Waals surface area contributed by atoms with Crippen molar-refractivity contribution in [3.8, 4) is 5.75 Å². The smallest absolute Gasteiger partial charge is 0.262 e. The zero-order chi connectivity index (χ0) is 40.4. The van der Waals surface area contributed by atoms with Crippen molar-refractivity contribution < 1.29 is 29.1 Å². The quantitative estimate of drug-likeness (QED) is 0.244. The number of carbonyl (C=O) groups excluding carboxylic acids is 5. The highest BCUT2D eigenvalue weighted by Crippen LogP contribution is 2.48. The summed E-state index contributed by atoms with van der Waals surface area (Å²) in [5, 5.41) is 12.5. The van der Waals surface area contributed by atoms with E-state index in [1.807, 2.05) is 17.0 Å². The first-order chi connectivity index (χ1) is 28.6. The number of carbonyl (C=O) groups is 5. The Bertz CT molecular complexity index is 2360. The molecule has 3 fully saturated rings. The Hall–Kier alpha value is -5.81. The van der Waals surface area contributed by atoms with Crippen LogP contribution < -0.4 is 10.2 Å². The summed E-state index contributed by atoms with van der Waals surface area (Å²) in [5.74, 6) is -1.06. The summed E-state index contributed by atoms with van der Waals surface area (Å²) >= 11 is 0. The molecule has 11 nitrogen and oxygen atoms in total. The Labute approximate surface area is 344 Å². The predicted molar refractivity (Wildman–Crippen MR) is 221 cm³/mol. The number of phenolic OH excluding ortho intramolecular Hbond substituents is 1. The number of aromatic hydroxyl groups is 1. The van der Waals surface area contributed by atoms with Gasteiger partial charge in [-0.15, -0.1) is 0 Å². The van der Waals surface area contributed by atoms with Crippen LogP contribution >= 0.6 is 0 Å². The highest BCUT2D eigenvalue weighted by atomic mass is 16.3. The Morgan fingerprint density at radius 3 is 2.20 bits per heavy atom. The number of piperidine rings is 2. The minimum absolute atomic E-state index is 0.0737. The van der Waals surface area contributed by atoms with Crippen LogP contribution in [0.5, 0.6) is 5.75 Å². The van der Waals surface area contributed by atoms with Crippen molar-refractivity contribution in [2.24, 2.45) is 5.41 Å². The van der Waals surface area contributed by atoms with E-state index >= 15 is 0 Å². The number of imide groups is 2. The number of fused-ring (bicyclic) bond motifs is 3. The minimum Gasteiger partial charge on any atom is -0.508 e. The lowest BCUT2D eigenvalue weighted by atomic mass is 9.69. The second-order valence-corrected chi connectivity index (χ2v) is 17.7. The molecular formula is C48H49N5O6. The van der Waals surface area contributed by atoms with Crippen LogP contribution in [0.15, 0.2) is 84.9 Å². The van der Waals surface area contributed by atoms with Crippen molar-refractivity contribution in [2.45, 2.75) is 75.8 Å². The molecule has 10 rings (SSSR count). The molecule has 5 amide bonds. The van der Waals surface area contributed by atoms with Gasteiger partial charge in [0.05, 0.1) is 17.7 Å². The van der Waals surface area contributed by atoms with Crippen LogP contribution in [0, 0.1) is 5.41 Å². The number of amides is 5. The van der Waals surface area contributed by atoms with E-state index in [0.717, 1.165) is 74.3 Å². The van der Waals surface area contributed by atoms with E-state index in [1.165, 1.54) is 27.9 Å². The highest BCUT2D eigenvalue weighted by Gasteiger charge is 2.47. The number of hydrogen-bond acceptors (Lipinski definition) is 8. The van der Waals surface area contributed by atoms with Crippen LogP contribution in [0.25, 0.3) is 0 Å².